The Bertz CT molecular complexity index is 512. The van der Waals surface area contributed by atoms with E-state index in [2.05, 4.69) is 11.0 Å². The lowest BCUT2D eigenvalue weighted by Crippen LogP contribution is -2.44. The van der Waals surface area contributed by atoms with Crippen molar-refractivity contribution in [3.05, 3.63) is 35.1 Å². The van der Waals surface area contributed by atoms with Gasteiger partial charge in [-0.3, -0.25) is 4.90 Å². The molecule has 19 heavy (non-hydrogen) atoms. The van der Waals surface area contributed by atoms with Crippen LogP contribution in [0.15, 0.2) is 18.2 Å². The molecule has 0 spiro atoms. The van der Waals surface area contributed by atoms with Gasteiger partial charge in [0.1, 0.15) is 11.4 Å². The molecule has 0 radical (unpaired) electrons. The maximum atomic E-state index is 13.9. The molecule has 1 fully saturated rings. The first kappa shape index (κ1) is 12.6. The van der Waals surface area contributed by atoms with Gasteiger partial charge in [0.15, 0.2) is 0 Å². The summed E-state index contributed by atoms with van der Waals surface area (Å²) in [4.78, 5) is 2.30. The summed E-state index contributed by atoms with van der Waals surface area (Å²) in [5, 5.41) is 9.78. The quantitative estimate of drug-likeness (QED) is 0.772. The van der Waals surface area contributed by atoms with E-state index in [1.54, 1.807) is 6.07 Å². The molecular weight excluding hydrogens is 239 g/mol. The number of fused-ring (bicyclic) bond motifs is 1. The molecule has 1 aliphatic carbocycles. The van der Waals surface area contributed by atoms with Crippen molar-refractivity contribution >= 4 is 0 Å². The molecule has 2 aliphatic rings. The number of hydrogen-bond acceptors (Lipinski definition) is 2. The Hall–Kier alpha value is -1.40. The Kier molecular flexibility index (Phi) is 3.28. The number of hydrogen-bond donors (Lipinski definition) is 0. The number of halogens is 1. The summed E-state index contributed by atoms with van der Waals surface area (Å²) < 4.78 is 13.9. The van der Waals surface area contributed by atoms with Gasteiger partial charge in [-0.2, -0.15) is 5.26 Å². The van der Waals surface area contributed by atoms with Crippen molar-refractivity contribution in [2.24, 2.45) is 0 Å². The van der Waals surface area contributed by atoms with Crippen LogP contribution in [0.25, 0.3) is 0 Å². The third kappa shape index (κ3) is 1.95. The minimum Gasteiger partial charge on any atom is -0.282 e. The second kappa shape index (κ2) is 4.94. The predicted octanol–water partition coefficient (Wildman–Crippen LogP) is 3.37. The smallest absolute Gasteiger partial charge is 0.135 e. The van der Waals surface area contributed by atoms with E-state index in [9.17, 15) is 9.65 Å². The molecule has 100 valence electrons. The van der Waals surface area contributed by atoms with Crippen LogP contribution in [0.1, 0.15) is 43.2 Å². The first-order chi connectivity index (χ1) is 9.28. The van der Waals surface area contributed by atoms with E-state index in [0.29, 0.717) is 6.42 Å². The Morgan fingerprint density at radius 2 is 1.89 bits per heavy atom. The Morgan fingerprint density at radius 1 is 1.16 bits per heavy atom. The van der Waals surface area contributed by atoms with Gasteiger partial charge in [0.2, 0.25) is 0 Å². The second-order valence-corrected chi connectivity index (χ2v) is 5.64. The lowest BCUT2D eigenvalue weighted by molar-refractivity contribution is 0.142. The summed E-state index contributed by atoms with van der Waals surface area (Å²) in [6, 6.07) is 7.71. The Balaban J connectivity index is 2.02. The molecule has 1 atom stereocenters. The molecule has 1 aliphatic heterocycles. The van der Waals surface area contributed by atoms with Crippen molar-refractivity contribution in [1.82, 2.24) is 4.90 Å². The SMILES string of the molecule is N#CC1(N2CCCCCC2)CCc2c(F)cccc21. The van der Waals surface area contributed by atoms with Gasteiger partial charge in [-0.05, 0) is 56.0 Å². The molecule has 0 aromatic heterocycles. The Morgan fingerprint density at radius 3 is 2.58 bits per heavy atom. The summed E-state index contributed by atoms with van der Waals surface area (Å²) in [6.07, 6.45) is 6.20. The third-order valence-corrected chi connectivity index (χ3v) is 4.63. The number of nitrogens with zero attached hydrogens (tertiary/aromatic N) is 2. The number of rotatable bonds is 1. The van der Waals surface area contributed by atoms with Crippen LogP contribution in [0.5, 0.6) is 0 Å². The number of benzene rings is 1. The van der Waals surface area contributed by atoms with Crippen LogP contribution in [0, 0.1) is 17.1 Å². The van der Waals surface area contributed by atoms with Crippen LogP contribution in [0.2, 0.25) is 0 Å². The highest BCUT2D eigenvalue weighted by molar-refractivity contribution is 5.44. The molecule has 1 aromatic rings. The standard InChI is InChI=1S/C16H19FN2/c17-15-7-5-6-14-13(15)8-9-16(14,12-18)19-10-3-1-2-4-11-19/h5-7H,1-4,8-11H2. The van der Waals surface area contributed by atoms with E-state index in [-0.39, 0.29) is 5.82 Å². The molecule has 1 unspecified atom stereocenters. The van der Waals surface area contributed by atoms with Crippen molar-refractivity contribution in [3.63, 3.8) is 0 Å². The fraction of sp³-hybridized carbons (Fsp3) is 0.562. The molecule has 0 N–H and O–H groups in total. The van der Waals surface area contributed by atoms with Crippen LogP contribution in [0.3, 0.4) is 0 Å². The lowest BCUT2D eigenvalue weighted by Gasteiger charge is -2.36. The zero-order valence-corrected chi connectivity index (χ0v) is 11.2. The molecule has 1 heterocycles. The van der Waals surface area contributed by atoms with Gasteiger partial charge in [-0.15, -0.1) is 0 Å². The summed E-state index contributed by atoms with van der Waals surface area (Å²) >= 11 is 0. The van der Waals surface area contributed by atoms with Crippen molar-refractivity contribution < 1.29 is 4.39 Å². The highest BCUT2D eigenvalue weighted by atomic mass is 19.1. The highest BCUT2D eigenvalue weighted by Crippen LogP contribution is 2.43. The average Bonchev–Trinajstić information content (AvgIpc) is 2.62. The molecule has 0 amide bonds. The zero-order chi connectivity index (χ0) is 13.3. The zero-order valence-electron chi connectivity index (χ0n) is 11.2. The molecule has 3 heteroatoms. The number of likely N-dealkylation sites (tertiary alicyclic amines) is 1. The van der Waals surface area contributed by atoms with Crippen LogP contribution in [0.4, 0.5) is 4.39 Å². The van der Waals surface area contributed by atoms with Crippen LogP contribution < -0.4 is 0 Å². The molecule has 2 nitrogen and oxygen atoms in total. The van der Waals surface area contributed by atoms with Crippen LogP contribution in [-0.4, -0.2) is 18.0 Å². The summed E-state index contributed by atoms with van der Waals surface area (Å²) in [5.41, 5.74) is 1.09. The first-order valence-electron chi connectivity index (χ1n) is 7.22. The van der Waals surface area contributed by atoms with E-state index in [0.717, 1.165) is 43.5 Å². The summed E-state index contributed by atoms with van der Waals surface area (Å²) in [6.45, 7) is 1.92. The van der Waals surface area contributed by atoms with E-state index in [1.807, 2.05) is 6.07 Å². The number of nitriles is 1. The van der Waals surface area contributed by atoms with Crippen molar-refractivity contribution in [2.45, 2.75) is 44.1 Å². The van der Waals surface area contributed by atoms with Crippen molar-refractivity contribution in [2.75, 3.05) is 13.1 Å². The van der Waals surface area contributed by atoms with Crippen LogP contribution >= 0.6 is 0 Å². The largest absolute Gasteiger partial charge is 0.282 e. The molecule has 3 rings (SSSR count). The molecule has 1 aromatic carbocycles. The van der Waals surface area contributed by atoms with E-state index < -0.39 is 5.54 Å². The minimum absolute atomic E-state index is 0.149. The molecule has 0 bridgehead atoms. The lowest BCUT2D eigenvalue weighted by atomic mass is 9.91. The maximum absolute atomic E-state index is 13.9. The van der Waals surface area contributed by atoms with E-state index >= 15 is 0 Å². The normalized spacial score (nSPS) is 27.6. The highest BCUT2D eigenvalue weighted by Gasteiger charge is 2.44. The molecule has 1 saturated heterocycles. The van der Waals surface area contributed by atoms with Gasteiger partial charge in [0.05, 0.1) is 6.07 Å². The monoisotopic (exact) mass is 258 g/mol. The first-order valence-corrected chi connectivity index (χ1v) is 7.22. The van der Waals surface area contributed by atoms with Gasteiger partial charge in [0.25, 0.3) is 0 Å². The van der Waals surface area contributed by atoms with Gasteiger partial charge >= 0.3 is 0 Å². The van der Waals surface area contributed by atoms with Crippen molar-refractivity contribution in [1.29, 1.82) is 5.26 Å². The predicted molar refractivity (Wildman–Crippen MR) is 72.1 cm³/mol. The Labute approximate surface area is 113 Å². The summed E-state index contributed by atoms with van der Waals surface area (Å²) in [5.74, 6) is -0.149. The fourth-order valence-electron chi connectivity index (χ4n) is 3.61. The average molecular weight is 258 g/mol. The van der Waals surface area contributed by atoms with Gasteiger partial charge in [-0.1, -0.05) is 25.0 Å². The van der Waals surface area contributed by atoms with E-state index in [1.165, 1.54) is 18.9 Å². The van der Waals surface area contributed by atoms with Crippen LogP contribution in [-0.2, 0) is 12.0 Å². The minimum atomic E-state index is -0.582. The maximum Gasteiger partial charge on any atom is 0.135 e. The topological polar surface area (TPSA) is 27.0 Å². The van der Waals surface area contributed by atoms with Gasteiger partial charge in [0, 0.05) is 0 Å². The summed E-state index contributed by atoms with van der Waals surface area (Å²) in [7, 11) is 0. The van der Waals surface area contributed by atoms with Gasteiger partial charge in [-0.25, -0.2) is 4.39 Å². The fourth-order valence-corrected chi connectivity index (χ4v) is 3.61. The third-order valence-electron chi connectivity index (χ3n) is 4.63. The van der Waals surface area contributed by atoms with Crippen molar-refractivity contribution in [3.8, 4) is 6.07 Å². The molecular formula is C16H19FN2. The van der Waals surface area contributed by atoms with E-state index in [4.69, 9.17) is 0 Å². The van der Waals surface area contributed by atoms with Gasteiger partial charge < -0.3 is 0 Å². The molecule has 0 saturated carbocycles. The second-order valence-electron chi connectivity index (χ2n) is 5.64.